The van der Waals surface area contributed by atoms with Crippen LogP contribution in [0.2, 0.25) is 0 Å². The van der Waals surface area contributed by atoms with Crippen LogP contribution in [0.3, 0.4) is 0 Å². The van der Waals surface area contributed by atoms with Crippen LogP contribution in [-0.4, -0.2) is 28.0 Å². The van der Waals surface area contributed by atoms with Crippen molar-refractivity contribution in [2.45, 2.75) is 31.1 Å². The van der Waals surface area contributed by atoms with Crippen LogP contribution in [0.15, 0.2) is 47.4 Å². The molecule has 0 N–H and O–H groups in total. The SMILES string of the molecule is COC(=O)CC1CN(S(=O)(=O)c2ccc(C)cc2C)c2ccccc21. The number of fused-ring (bicyclic) bond motifs is 1. The van der Waals surface area contributed by atoms with Crippen LogP contribution in [0.25, 0.3) is 0 Å². The topological polar surface area (TPSA) is 63.7 Å². The molecule has 25 heavy (non-hydrogen) atoms. The van der Waals surface area contributed by atoms with E-state index in [1.165, 1.54) is 11.4 Å². The molecule has 0 spiro atoms. The summed E-state index contributed by atoms with van der Waals surface area (Å²) in [5.41, 5.74) is 3.23. The highest BCUT2D eigenvalue weighted by Crippen LogP contribution is 2.41. The Morgan fingerprint density at radius 3 is 2.60 bits per heavy atom. The average molecular weight is 359 g/mol. The highest BCUT2D eigenvalue weighted by molar-refractivity contribution is 7.93. The quantitative estimate of drug-likeness (QED) is 0.787. The van der Waals surface area contributed by atoms with E-state index in [0.29, 0.717) is 16.1 Å². The van der Waals surface area contributed by atoms with Crippen molar-refractivity contribution in [3.63, 3.8) is 0 Å². The van der Waals surface area contributed by atoms with Crippen molar-refractivity contribution in [3.8, 4) is 0 Å². The molecule has 2 aromatic carbocycles. The molecule has 1 aliphatic heterocycles. The summed E-state index contributed by atoms with van der Waals surface area (Å²) in [7, 11) is -2.35. The Hall–Kier alpha value is -2.34. The van der Waals surface area contributed by atoms with Crippen molar-refractivity contribution in [3.05, 3.63) is 59.2 Å². The first kappa shape index (κ1) is 17.5. The van der Waals surface area contributed by atoms with E-state index in [9.17, 15) is 13.2 Å². The minimum absolute atomic E-state index is 0.159. The van der Waals surface area contributed by atoms with Crippen molar-refractivity contribution >= 4 is 21.7 Å². The maximum Gasteiger partial charge on any atom is 0.306 e. The monoisotopic (exact) mass is 359 g/mol. The first-order chi connectivity index (χ1) is 11.8. The number of carbonyl (C=O) groups excluding carboxylic acids is 1. The molecule has 6 heteroatoms. The Labute approximate surface area is 148 Å². The number of aryl methyl sites for hydroxylation is 2. The summed E-state index contributed by atoms with van der Waals surface area (Å²) in [4.78, 5) is 12.0. The molecule has 0 radical (unpaired) electrons. The fourth-order valence-electron chi connectivity index (χ4n) is 3.35. The van der Waals surface area contributed by atoms with Crippen molar-refractivity contribution in [1.29, 1.82) is 0 Å². The van der Waals surface area contributed by atoms with Crippen LogP contribution in [0.5, 0.6) is 0 Å². The molecule has 0 bridgehead atoms. The van der Waals surface area contributed by atoms with Gasteiger partial charge in [-0.15, -0.1) is 0 Å². The number of anilines is 1. The number of rotatable bonds is 4. The Kier molecular flexibility index (Phi) is 4.56. The van der Waals surface area contributed by atoms with Gasteiger partial charge >= 0.3 is 5.97 Å². The van der Waals surface area contributed by atoms with Crippen LogP contribution in [0.4, 0.5) is 5.69 Å². The fourth-order valence-corrected chi connectivity index (χ4v) is 5.10. The number of nitrogens with zero attached hydrogens (tertiary/aromatic N) is 1. The van der Waals surface area contributed by atoms with E-state index in [4.69, 9.17) is 4.74 Å². The number of hydrogen-bond acceptors (Lipinski definition) is 4. The maximum atomic E-state index is 13.2. The fraction of sp³-hybridized carbons (Fsp3) is 0.316. The molecule has 0 aliphatic carbocycles. The Morgan fingerprint density at radius 2 is 1.92 bits per heavy atom. The zero-order valence-corrected chi connectivity index (χ0v) is 15.3. The number of sulfonamides is 1. The third-order valence-electron chi connectivity index (χ3n) is 4.57. The number of benzene rings is 2. The highest BCUT2D eigenvalue weighted by Gasteiger charge is 2.37. The van der Waals surface area contributed by atoms with Gasteiger partial charge in [0.2, 0.25) is 0 Å². The number of carbonyl (C=O) groups is 1. The molecule has 132 valence electrons. The molecule has 0 amide bonds. The summed E-state index contributed by atoms with van der Waals surface area (Å²) in [5.74, 6) is -0.547. The van der Waals surface area contributed by atoms with Gasteiger partial charge in [0.05, 0.1) is 24.1 Å². The second kappa shape index (κ2) is 6.52. The number of ether oxygens (including phenoxy) is 1. The Bertz CT molecular complexity index is 921. The van der Waals surface area contributed by atoms with Gasteiger partial charge < -0.3 is 4.74 Å². The molecular weight excluding hydrogens is 338 g/mol. The lowest BCUT2D eigenvalue weighted by molar-refractivity contribution is -0.140. The van der Waals surface area contributed by atoms with Gasteiger partial charge in [0.15, 0.2) is 0 Å². The molecule has 2 aromatic rings. The molecule has 1 atom stereocenters. The predicted octanol–water partition coefficient (Wildman–Crippen LogP) is 3.16. The third kappa shape index (κ3) is 3.14. The minimum atomic E-state index is -3.69. The van der Waals surface area contributed by atoms with Gasteiger partial charge in [0, 0.05) is 12.5 Å². The molecule has 3 rings (SSSR count). The largest absolute Gasteiger partial charge is 0.469 e. The van der Waals surface area contributed by atoms with Gasteiger partial charge in [-0.05, 0) is 37.1 Å². The van der Waals surface area contributed by atoms with Gasteiger partial charge in [-0.1, -0.05) is 35.9 Å². The summed E-state index contributed by atoms with van der Waals surface area (Å²) in [6.07, 6.45) is 0.159. The summed E-state index contributed by atoms with van der Waals surface area (Å²) in [6, 6.07) is 12.6. The molecule has 1 unspecified atom stereocenters. The number of methoxy groups -OCH3 is 1. The van der Waals surface area contributed by atoms with E-state index in [0.717, 1.165) is 11.1 Å². The molecule has 5 nitrogen and oxygen atoms in total. The van der Waals surface area contributed by atoms with E-state index in [1.807, 2.05) is 31.2 Å². The maximum absolute atomic E-state index is 13.2. The standard InChI is InChI=1S/C19H21NO4S/c1-13-8-9-18(14(2)10-13)25(22,23)20-12-15(11-19(21)24-3)16-6-4-5-7-17(16)20/h4-10,15H,11-12H2,1-3H3. The third-order valence-corrected chi connectivity index (χ3v) is 6.51. The lowest BCUT2D eigenvalue weighted by Crippen LogP contribution is -2.31. The van der Waals surface area contributed by atoms with E-state index in [1.54, 1.807) is 25.1 Å². The number of esters is 1. The summed E-state index contributed by atoms with van der Waals surface area (Å²) in [6.45, 7) is 3.97. The van der Waals surface area contributed by atoms with Crippen LogP contribution in [0, 0.1) is 13.8 Å². The van der Waals surface area contributed by atoms with E-state index in [2.05, 4.69) is 0 Å². The van der Waals surface area contributed by atoms with Crippen molar-refractivity contribution in [1.82, 2.24) is 0 Å². The Morgan fingerprint density at radius 1 is 1.20 bits per heavy atom. The predicted molar refractivity (Wildman–Crippen MR) is 96.3 cm³/mol. The van der Waals surface area contributed by atoms with Gasteiger partial charge in [0.1, 0.15) is 0 Å². The van der Waals surface area contributed by atoms with Crippen molar-refractivity contribution in [2.24, 2.45) is 0 Å². The smallest absolute Gasteiger partial charge is 0.306 e. The lowest BCUT2D eigenvalue weighted by Gasteiger charge is -2.21. The average Bonchev–Trinajstić information content (AvgIpc) is 2.94. The van der Waals surface area contributed by atoms with Gasteiger partial charge in [-0.2, -0.15) is 0 Å². The van der Waals surface area contributed by atoms with Crippen LogP contribution in [0.1, 0.15) is 29.0 Å². The molecule has 1 aliphatic rings. The first-order valence-electron chi connectivity index (χ1n) is 8.10. The molecule has 0 saturated heterocycles. The first-order valence-corrected chi connectivity index (χ1v) is 9.54. The van der Waals surface area contributed by atoms with E-state index >= 15 is 0 Å². The second-order valence-corrected chi connectivity index (χ2v) is 8.17. The zero-order valence-electron chi connectivity index (χ0n) is 14.5. The van der Waals surface area contributed by atoms with E-state index < -0.39 is 10.0 Å². The normalized spacial score (nSPS) is 16.6. The molecule has 0 fully saturated rings. The molecule has 0 saturated carbocycles. The van der Waals surface area contributed by atoms with Gasteiger partial charge in [-0.3, -0.25) is 9.10 Å². The summed E-state index contributed by atoms with van der Waals surface area (Å²) < 4.78 is 32.6. The van der Waals surface area contributed by atoms with Crippen LogP contribution in [-0.2, 0) is 19.6 Å². The van der Waals surface area contributed by atoms with Gasteiger partial charge in [0.25, 0.3) is 10.0 Å². The lowest BCUT2D eigenvalue weighted by atomic mass is 9.98. The molecule has 0 aromatic heterocycles. The molecular formula is C19H21NO4S. The second-order valence-electron chi connectivity index (χ2n) is 6.34. The van der Waals surface area contributed by atoms with E-state index in [-0.39, 0.29) is 24.9 Å². The Balaban J connectivity index is 2.04. The summed E-state index contributed by atoms with van der Waals surface area (Å²) in [5, 5.41) is 0. The number of para-hydroxylation sites is 1. The highest BCUT2D eigenvalue weighted by atomic mass is 32.2. The minimum Gasteiger partial charge on any atom is -0.469 e. The summed E-state index contributed by atoms with van der Waals surface area (Å²) >= 11 is 0. The van der Waals surface area contributed by atoms with Crippen molar-refractivity contribution < 1.29 is 17.9 Å². The number of hydrogen-bond donors (Lipinski definition) is 0. The molecule has 1 heterocycles. The van der Waals surface area contributed by atoms with Gasteiger partial charge in [-0.25, -0.2) is 8.42 Å². The zero-order chi connectivity index (χ0) is 18.2. The van der Waals surface area contributed by atoms with Crippen molar-refractivity contribution in [2.75, 3.05) is 18.0 Å². The van der Waals surface area contributed by atoms with Crippen LogP contribution < -0.4 is 4.31 Å². The van der Waals surface area contributed by atoms with Crippen LogP contribution >= 0.6 is 0 Å².